The highest BCUT2D eigenvalue weighted by atomic mass is 16.3. The van der Waals surface area contributed by atoms with Crippen molar-refractivity contribution in [2.75, 3.05) is 18.2 Å². The number of fused-ring (bicyclic) bond motifs is 1. The van der Waals surface area contributed by atoms with Crippen molar-refractivity contribution in [2.24, 2.45) is 23.5 Å². The Morgan fingerprint density at radius 1 is 1.15 bits per heavy atom. The number of aromatic hydroxyl groups is 1. The second-order valence-electron chi connectivity index (χ2n) is 9.50. The molecule has 5 atom stereocenters. The van der Waals surface area contributed by atoms with Gasteiger partial charge in [0, 0.05) is 43.3 Å². The van der Waals surface area contributed by atoms with Crippen LogP contribution in [0.4, 0.5) is 0 Å². The van der Waals surface area contributed by atoms with Gasteiger partial charge in [0.25, 0.3) is 0 Å². The molecule has 0 amide bonds. The van der Waals surface area contributed by atoms with E-state index in [1.807, 2.05) is 37.3 Å². The summed E-state index contributed by atoms with van der Waals surface area (Å²) >= 11 is 0. The van der Waals surface area contributed by atoms with Crippen molar-refractivity contribution in [3.05, 3.63) is 87.9 Å². The Hall–Kier alpha value is -3.16. The van der Waals surface area contributed by atoms with Crippen molar-refractivity contribution in [3.8, 4) is 5.75 Å². The maximum atomic E-state index is 13.4. The van der Waals surface area contributed by atoms with Crippen molar-refractivity contribution in [2.45, 2.75) is 38.8 Å². The first-order chi connectivity index (χ1) is 16.3. The summed E-state index contributed by atoms with van der Waals surface area (Å²) in [5.41, 5.74) is 8.17. The molecule has 180 valence electrons. The molecule has 4 rings (SSSR count). The number of benzene rings is 1. The minimum absolute atomic E-state index is 0.0166. The van der Waals surface area contributed by atoms with E-state index in [9.17, 15) is 19.8 Å². The summed E-state index contributed by atoms with van der Waals surface area (Å²) in [6, 6.07) is 8.92. The Bertz CT molecular complexity index is 1170. The molecule has 1 aliphatic carbocycles. The van der Waals surface area contributed by atoms with Crippen LogP contribution in [-0.2, 0) is 0 Å². The maximum absolute atomic E-state index is 13.4. The van der Waals surface area contributed by atoms with Gasteiger partial charge in [-0.2, -0.15) is 0 Å². The van der Waals surface area contributed by atoms with Crippen molar-refractivity contribution >= 4 is 5.78 Å². The molecule has 0 fully saturated rings. The highest BCUT2D eigenvalue weighted by Gasteiger charge is 2.41. The van der Waals surface area contributed by atoms with E-state index in [4.69, 9.17) is 5.73 Å². The summed E-state index contributed by atoms with van der Waals surface area (Å²) in [4.78, 5) is 25.7. The molecule has 1 aliphatic heterocycles. The summed E-state index contributed by atoms with van der Waals surface area (Å²) < 4.78 is 1.64. The molecule has 4 unspecified atom stereocenters. The fourth-order valence-corrected chi connectivity index (χ4v) is 5.04. The van der Waals surface area contributed by atoms with Crippen LogP contribution in [0.1, 0.15) is 47.4 Å². The molecule has 2 aliphatic rings. The van der Waals surface area contributed by atoms with E-state index in [1.54, 1.807) is 10.9 Å². The van der Waals surface area contributed by atoms with Gasteiger partial charge in [-0.15, -0.1) is 0 Å². The quantitative estimate of drug-likeness (QED) is 0.583. The van der Waals surface area contributed by atoms with Crippen molar-refractivity contribution in [3.63, 3.8) is 0 Å². The zero-order valence-electron chi connectivity index (χ0n) is 19.7. The average molecular weight is 464 g/mol. The molecule has 2 aromatic rings. The van der Waals surface area contributed by atoms with Crippen LogP contribution in [0.3, 0.4) is 0 Å². The summed E-state index contributed by atoms with van der Waals surface area (Å²) in [6.07, 6.45) is 10.8. The minimum Gasteiger partial charge on any atom is -0.503 e. The van der Waals surface area contributed by atoms with E-state index in [0.717, 1.165) is 11.1 Å². The van der Waals surface area contributed by atoms with E-state index in [-0.39, 0.29) is 42.0 Å². The monoisotopic (exact) mass is 463 g/mol. The third kappa shape index (κ3) is 4.45. The number of carbonyl (C=O) groups is 1. The topological polar surface area (TPSA) is 109 Å². The number of hydrogen-bond acceptors (Lipinski definition) is 6. The van der Waals surface area contributed by atoms with Crippen LogP contribution in [-0.4, -0.2) is 39.9 Å². The van der Waals surface area contributed by atoms with Crippen LogP contribution < -0.4 is 16.2 Å². The van der Waals surface area contributed by atoms with Gasteiger partial charge < -0.3 is 21.0 Å². The number of aromatic nitrogens is 1. The van der Waals surface area contributed by atoms with Gasteiger partial charge in [0.1, 0.15) is 0 Å². The Morgan fingerprint density at radius 2 is 1.88 bits per heavy atom. The average Bonchev–Trinajstić information content (AvgIpc) is 2.83. The lowest BCUT2D eigenvalue weighted by atomic mass is 9.81. The molecule has 4 N–H and O–H groups in total. The number of carbonyl (C=O) groups excluding carboxylic acids is 1. The normalized spacial score (nSPS) is 23.6. The zero-order chi connectivity index (χ0) is 24.4. The predicted molar refractivity (Wildman–Crippen MR) is 132 cm³/mol. The fourth-order valence-electron chi connectivity index (χ4n) is 5.04. The largest absolute Gasteiger partial charge is 0.503 e. The number of allylic oxidation sites excluding steroid dienone is 2. The second kappa shape index (κ2) is 9.99. The SMILES string of the molecule is Cc1ccccc1C(C1C=CC=CC1N)N1CC(CC[C@@H](C)CO)C(=O)c2c(O)c(=O)ccn21. The molecule has 0 saturated heterocycles. The summed E-state index contributed by atoms with van der Waals surface area (Å²) in [7, 11) is 0. The Labute approximate surface area is 199 Å². The van der Waals surface area contributed by atoms with E-state index >= 15 is 0 Å². The van der Waals surface area contributed by atoms with Crippen LogP contribution in [0.25, 0.3) is 0 Å². The molecule has 0 saturated carbocycles. The number of pyridine rings is 1. The molecule has 0 spiro atoms. The smallest absolute Gasteiger partial charge is 0.224 e. The number of nitrogens with zero attached hydrogens (tertiary/aromatic N) is 2. The van der Waals surface area contributed by atoms with Crippen LogP contribution in [0.5, 0.6) is 5.75 Å². The number of ketones is 1. The lowest BCUT2D eigenvalue weighted by molar-refractivity contribution is 0.0856. The van der Waals surface area contributed by atoms with Crippen molar-refractivity contribution < 1.29 is 15.0 Å². The van der Waals surface area contributed by atoms with E-state index in [0.29, 0.717) is 19.4 Å². The third-order valence-corrected chi connectivity index (χ3v) is 7.08. The molecule has 7 nitrogen and oxygen atoms in total. The lowest BCUT2D eigenvalue weighted by Gasteiger charge is -2.46. The molecule has 0 bridgehead atoms. The number of aryl methyl sites for hydroxylation is 1. The lowest BCUT2D eigenvalue weighted by Crippen LogP contribution is -2.54. The molecular weight excluding hydrogens is 430 g/mol. The number of hydrogen-bond donors (Lipinski definition) is 3. The third-order valence-electron chi connectivity index (χ3n) is 7.08. The van der Waals surface area contributed by atoms with Crippen molar-refractivity contribution in [1.82, 2.24) is 4.68 Å². The molecular formula is C27H33N3O4. The van der Waals surface area contributed by atoms with E-state index in [1.165, 1.54) is 6.07 Å². The number of aliphatic hydroxyl groups excluding tert-OH is 1. The van der Waals surface area contributed by atoms with Gasteiger partial charge in [0.05, 0.1) is 6.04 Å². The van der Waals surface area contributed by atoms with Crippen LogP contribution in [0.15, 0.2) is 65.6 Å². The number of nitrogens with two attached hydrogens (primary N) is 1. The van der Waals surface area contributed by atoms with Crippen LogP contribution >= 0.6 is 0 Å². The predicted octanol–water partition coefficient (Wildman–Crippen LogP) is 2.83. The first kappa shape index (κ1) is 24.0. The van der Waals surface area contributed by atoms with Crippen LogP contribution in [0, 0.1) is 24.7 Å². The zero-order valence-corrected chi connectivity index (χ0v) is 19.7. The first-order valence-electron chi connectivity index (χ1n) is 11.9. The molecule has 1 aromatic carbocycles. The molecule has 7 heteroatoms. The molecule has 34 heavy (non-hydrogen) atoms. The van der Waals surface area contributed by atoms with Gasteiger partial charge in [-0.25, -0.2) is 0 Å². The number of rotatable bonds is 7. The molecule has 0 radical (unpaired) electrons. The minimum atomic E-state index is -0.575. The highest BCUT2D eigenvalue weighted by Crippen LogP contribution is 2.38. The Balaban J connectivity index is 1.86. The summed E-state index contributed by atoms with van der Waals surface area (Å²) in [5.74, 6) is -1.23. The Morgan fingerprint density at radius 3 is 2.59 bits per heavy atom. The number of aliphatic hydroxyl groups is 1. The molecule has 1 aromatic heterocycles. The van der Waals surface area contributed by atoms with Gasteiger partial charge in [0.15, 0.2) is 17.2 Å². The van der Waals surface area contributed by atoms with Gasteiger partial charge in [-0.3, -0.25) is 14.3 Å². The van der Waals surface area contributed by atoms with E-state index < -0.39 is 17.1 Å². The summed E-state index contributed by atoms with van der Waals surface area (Å²) in [6.45, 7) is 4.45. The first-order valence-corrected chi connectivity index (χ1v) is 11.9. The fraction of sp³-hybridized carbons (Fsp3) is 0.407. The van der Waals surface area contributed by atoms with Crippen molar-refractivity contribution in [1.29, 1.82) is 0 Å². The van der Waals surface area contributed by atoms with Gasteiger partial charge in [0.2, 0.25) is 5.43 Å². The van der Waals surface area contributed by atoms with Gasteiger partial charge in [-0.05, 0) is 36.8 Å². The second-order valence-corrected chi connectivity index (χ2v) is 9.50. The Kier molecular flexibility index (Phi) is 7.05. The van der Waals surface area contributed by atoms with E-state index in [2.05, 4.69) is 30.1 Å². The highest BCUT2D eigenvalue weighted by molar-refractivity contribution is 5.99. The van der Waals surface area contributed by atoms with Crippen LogP contribution in [0.2, 0.25) is 0 Å². The summed E-state index contributed by atoms with van der Waals surface area (Å²) in [5, 5.41) is 22.2. The number of Topliss-reactive ketones (excluding diaryl/α,β-unsaturated/α-hetero) is 1. The standard InChI is InChI=1S/C27H33N3O4/c1-17(16-31)11-12-19-15-30(29-14-13-23(32)27(34)25(29)26(19)33)24(20-8-4-3-7-18(20)2)21-9-5-6-10-22(21)28/h3-10,13-14,17,19,21-22,24,31,34H,11-12,15-16,28H2,1-2H3/t17-,19?,21?,22?,24?/m1/s1. The molecule has 2 heterocycles. The van der Waals surface area contributed by atoms with Gasteiger partial charge in [-0.1, -0.05) is 55.5 Å². The maximum Gasteiger partial charge on any atom is 0.224 e. The van der Waals surface area contributed by atoms with Gasteiger partial charge >= 0.3 is 0 Å².